The van der Waals surface area contributed by atoms with Crippen LogP contribution in [0.3, 0.4) is 0 Å². The number of thioether (sulfide) groups is 1. The van der Waals surface area contributed by atoms with Gasteiger partial charge in [-0.05, 0) is 29.8 Å². The fourth-order valence-corrected chi connectivity index (χ4v) is 3.67. The number of hydrogen-bond donors (Lipinski definition) is 1. The third-order valence-corrected chi connectivity index (χ3v) is 5.10. The second-order valence-electron chi connectivity index (χ2n) is 5.55. The molecular formula is C17H14ClFN4O2S. The lowest BCUT2D eigenvalue weighted by molar-refractivity contribution is 0.171. The van der Waals surface area contributed by atoms with Crippen molar-refractivity contribution in [2.45, 2.75) is 10.9 Å². The van der Waals surface area contributed by atoms with E-state index >= 15 is 0 Å². The van der Waals surface area contributed by atoms with E-state index in [0.717, 1.165) is 5.56 Å². The Labute approximate surface area is 158 Å². The molecule has 0 radical (unpaired) electrons. The first-order chi connectivity index (χ1) is 12.6. The van der Waals surface area contributed by atoms with Gasteiger partial charge in [-0.2, -0.15) is 0 Å². The molecule has 1 aliphatic rings. The second-order valence-corrected chi connectivity index (χ2v) is 6.90. The number of ether oxygens (including phenoxy) is 2. The minimum absolute atomic E-state index is 0.269. The van der Waals surface area contributed by atoms with E-state index in [9.17, 15) is 4.39 Å². The number of aromatic nitrogens is 3. The Kier molecular flexibility index (Phi) is 4.60. The van der Waals surface area contributed by atoms with Gasteiger partial charge in [0, 0.05) is 5.75 Å². The Hall–Kier alpha value is -2.45. The molecule has 134 valence electrons. The van der Waals surface area contributed by atoms with E-state index in [2.05, 4.69) is 10.2 Å². The summed E-state index contributed by atoms with van der Waals surface area (Å²) in [4.78, 5) is 0. The molecule has 0 amide bonds. The maximum Gasteiger partial charge on any atom is 0.210 e. The summed E-state index contributed by atoms with van der Waals surface area (Å²) in [5.74, 6) is 7.65. The van der Waals surface area contributed by atoms with Gasteiger partial charge in [-0.3, -0.25) is 0 Å². The smallest absolute Gasteiger partial charge is 0.210 e. The Bertz CT molecular complexity index is 966. The van der Waals surface area contributed by atoms with Crippen molar-refractivity contribution in [2.75, 3.05) is 19.1 Å². The highest BCUT2D eigenvalue weighted by molar-refractivity contribution is 7.98. The average Bonchev–Trinajstić information content (AvgIpc) is 3.01. The van der Waals surface area contributed by atoms with E-state index < -0.39 is 5.82 Å². The van der Waals surface area contributed by atoms with Crippen LogP contribution in [0.25, 0.3) is 11.4 Å². The molecular weight excluding hydrogens is 379 g/mol. The van der Waals surface area contributed by atoms with Gasteiger partial charge in [0.05, 0.1) is 10.6 Å². The van der Waals surface area contributed by atoms with E-state index in [-0.39, 0.29) is 5.82 Å². The minimum Gasteiger partial charge on any atom is -0.486 e. The predicted molar refractivity (Wildman–Crippen MR) is 97.6 cm³/mol. The molecule has 0 bridgehead atoms. The van der Waals surface area contributed by atoms with Gasteiger partial charge in [0.25, 0.3) is 0 Å². The van der Waals surface area contributed by atoms with Crippen molar-refractivity contribution in [3.8, 4) is 22.9 Å². The molecule has 0 saturated heterocycles. The molecule has 0 unspecified atom stereocenters. The number of nitrogens with two attached hydrogens (primary N) is 1. The van der Waals surface area contributed by atoms with Gasteiger partial charge in [0.15, 0.2) is 17.3 Å². The first-order valence-electron chi connectivity index (χ1n) is 7.79. The van der Waals surface area contributed by atoms with Gasteiger partial charge < -0.3 is 15.3 Å². The van der Waals surface area contributed by atoms with Crippen LogP contribution in [0.5, 0.6) is 11.5 Å². The van der Waals surface area contributed by atoms with Crippen LogP contribution in [0.4, 0.5) is 4.39 Å². The summed E-state index contributed by atoms with van der Waals surface area (Å²) in [7, 11) is 0. The van der Waals surface area contributed by atoms with E-state index in [1.165, 1.54) is 22.5 Å². The first-order valence-corrected chi connectivity index (χ1v) is 9.16. The van der Waals surface area contributed by atoms with Crippen LogP contribution in [0, 0.1) is 5.82 Å². The zero-order valence-corrected chi connectivity index (χ0v) is 15.1. The number of nitrogen functional groups attached to an aromatic ring is 1. The molecule has 2 aromatic carbocycles. The number of rotatable bonds is 4. The zero-order valence-electron chi connectivity index (χ0n) is 13.5. The Morgan fingerprint density at radius 3 is 2.85 bits per heavy atom. The van der Waals surface area contributed by atoms with E-state index in [1.807, 2.05) is 12.1 Å². The highest BCUT2D eigenvalue weighted by atomic mass is 35.5. The van der Waals surface area contributed by atoms with Crippen molar-refractivity contribution in [2.24, 2.45) is 0 Å². The standard InChI is InChI=1S/C17H14ClFN4O2S/c18-12-7-10(8-14-15(12)25-6-5-24-14)9-26-17-22-21-16(23(17)20)11-3-1-2-4-13(11)19/h1-4,7-8H,5-6,9,20H2. The molecule has 0 aliphatic carbocycles. The van der Waals surface area contributed by atoms with Gasteiger partial charge in [-0.25, -0.2) is 9.07 Å². The summed E-state index contributed by atoms with van der Waals surface area (Å²) in [5, 5.41) is 9.02. The molecule has 9 heteroatoms. The van der Waals surface area contributed by atoms with Crippen molar-refractivity contribution >= 4 is 23.4 Å². The molecule has 1 aliphatic heterocycles. The quantitative estimate of drug-likeness (QED) is 0.541. The maximum atomic E-state index is 13.9. The number of benzene rings is 2. The lowest BCUT2D eigenvalue weighted by Crippen LogP contribution is -2.15. The monoisotopic (exact) mass is 392 g/mol. The third kappa shape index (κ3) is 3.17. The molecule has 26 heavy (non-hydrogen) atoms. The van der Waals surface area contributed by atoms with Crippen molar-refractivity contribution in [1.29, 1.82) is 0 Å². The van der Waals surface area contributed by atoms with Crippen molar-refractivity contribution in [1.82, 2.24) is 14.9 Å². The second kappa shape index (κ2) is 7.05. The van der Waals surface area contributed by atoms with Gasteiger partial charge in [0.2, 0.25) is 5.16 Å². The van der Waals surface area contributed by atoms with Crippen LogP contribution in [0.2, 0.25) is 5.02 Å². The first kappa shape index (κ1) is 17.0. The molecule has 6 nitrogen and oxygen atoms in total. The summed E-state index contributed by atoms with van der Waals surface area (Å²) in [5.41, 5.74) is 1.23. The summed E-state index contributed by atoms with van der Waals surface area (Å²) in [6, 6.07) is 9.99. The van der Waals surface area contributed by atoms with Crippen LogP contribution in [0.1, 0.15) is 5.56 Å². The molecule has 2 N–H and O–H groups in total. The number of hydrogen-bond acceptors (Lipinski definition) is 6. The van der Waals surface area contributed by atoms with Crippen LogP contribution >= 0.6 is 23.4 Å². The van der Waals surface area contributed by atoms with Crippen molar-refractivity contribution in [3.63, 3.8) is 0 Å². The van der Waals surface area contributed by atoms with Crippen LogP contribution in [-0.4, -0.2) is 28.1 Å². The molecule has 1 aromatic heterocycles. The Morgan fingerprint density at radius 1 is 1.19 bits per heavy atom. The predicted octanol–water partition coefficient (Wildman–Crippen LogP) is 3.51. The molecule has 0 saturated carbocycles. The summed E-state index contributed by atoms with van der Waals surface area (Å²) in [6.45, 7) is 0.971. The highest BCUT2D eigenvalue weighted by Crippen LogP contribution is 2.39. The molecule has 4 rings (SSSR count). The van der Waals surface area contributed by atoms with Gasteiger partial charge in [-0.1, -0.05) is 35.5 Å². The normalized spacial score (nSPS) is 13.0. The summed E-state index contributed by atoms with van der Waals surface area (Å²) >= 11 is 7.62. The fraction of sp³-hybridized carbons (Fsp3) is 0.176. The Morgan fingerprint density at radius 2 is 2.00 bits per heavy atom. The number of nitrogens with zero attached hydrogens (tertiary/aromatic N) is 3. The number of halogens is 2. The third-order valence-electron chi connectivity index (χ3n) is 3.80. The molecule has 3 aromatic rings. The lowest BCUT2D eigenvalue weighted by Gasteiger charge is -2.20. The van der Waals surface area contributed by atoms with Gasteiger partial charge in [-0.15, -0.1) is 10.2 Å². The van der Waals surface area contributed by atoms with Crippen LogP contribution in [0.15, 0.2) is 41.6 Å². The summed E-state index contributed by atoms with van der Waals surface area (Å²) in [6.07, 6.45) is 0. The average molecular weight is 393 g/mol. The lowest BCUT2D eigenvalue weighted by atomic mass is 10.2. The highest BCUT2D eigenvalue weighted by Gasteiger charge is 2.18. The topological polar surface area (TPSA) is 75.2 Å². The van der Waals surface area contributed by atoms with Crippen LogP contribution in [-0.2, 0) is 5.75 Å². The number of fused-ring (bicyclic) bond motifs is 1. The minimum atomic E-state index is -0.401. The molecule has 0 spiro atoms. The summed E-state index contributed by atoms with van der Waals surface area (Å²) < 4.78 is 26.3. The molecule has 0 atom stereocenters. The largest absolute Gasteiger partial charge is 0.486 e. The van der Waals surface area contributed by atoms with Gasteiger partial charge >= 0.3 is 0 Å². The van der Waals surface area contributed by atoms with E-state index in [0.29, 0.717) is 46.2 Å². The van der Waals surface area contributed by atoms with Gasteiger partial charge in [0.1, 0.15) is 19.0 Å². The zero-order chi connectivity index (χ0) is 18.1. The SMILES string of the molecule is Nn1c(SCc2cc(Cl)c3c(c2)OCCO3)nnc1-c1ccccc1F. The molecule has 0 fully saturated rings. The maximum absolute atomic E-state index is 13.9. The van der Waals surface area contributed by atoms with E-state index in [4.69, 9.17) is 26.9 Å². The van der Waals surface area contributed by atoms with Crippen LogP contribution < -0.4 is 15.3 Å². The molecule has 2 heterocycles. The van der Waals surface area contributed by atoms with Crippen molar-refractivity contribution in [3.05, 3.63) is 52.8 Å². The Balaban J connectivity index is 1.54. The van der Waals surface area contributed by atoms with E-state index in [1.54, 1.807) is 18.2 Å². The van der Waals surface area contributed by atoms with Crippen molar-refractivity contribution < 1.29 is 13.9 Å². The fourth-order valence-electron chi connectivity index (χ4n) is 2.60.